The second-order valence-electron chi connectivity index (χ2n) is 9.60. The Kier molecular flexibility index (Phi) is 5.00. The Morgan fingerprint density at radius 1 is 0.650 bits per heavy atom. The summed E-state index contributed by atoms with van der Waals surface area (Å²) in [4.78, 5) is 7.26. The van der Waals surface area contributed by atoms with Crippen LogP contribution in [-0.2, 0) is 6.18 Å². The first kappa shape index (κ1) is 23.6. The second-order valence-corrected chi connectivity index (χ2v) is 9.60. The van der Waals surface area contributed by atoms with Crippen molar-refractivity contribution in [1.29, 1.82) is 5.26 Å². The molecule has 0 saturated heterocycles. The number of hydrogen-bond donors (Lipinski definition) is 0. The standard InChI is InChI=1S/C33H15F3N4/c1-38-40-32-27-13-19(22-8-4-6-18-5-2-3-7-21(18)22)9-11-23(27)26-15-29-25(16-30(26)32)24-12-10-20(33(34,35)36)14-28(24)31(29)39-17-37/h2-16H/b39-31?,40-32+. The fourth-order valence-electron chi connectivity index (χ4n) is 5.83. The Balaban J connectivity index is 1.59. The minimum Gasteiger partial charge on any atom is -0.181 e. The molecule has 0 amide bonds. The predicted octanol–water partition coefficient (Wildman–Crippen LogP) is 8.13. The zero-order chi connectivity index (χ0) is 27.6. The molecule has 7 rings (SSSR count). The Labute approximate surface area is 224 Å². The van der Waals surface area contributed by atoms with E-state index in [0.717, 1.165) is 50.2 Å². The fourth-order valence-corrected chi connectivity index (χ4v) is 5.83. The van der Waals surface area contributed by atoms with Gasteiger partial charge < -0.3 is 0 Å². The Morgan fingerprint density at radius 2 is 1.30 bits per heavy atom. The van der Waals surface area contributed by atoms with E-state index >= 15 is 0 Å². The highest BCUT2D eigenvalue weighted by Gasteiger charge is 2.31. The van der Waals surface area contributed by atoms with Crippen LogP contribution in [0.25, 0.3) is 69.9 Å². The van der Waals surface area contributed by atoms with Crippen molar-refractivity contribution in [3.63, 3.8) is 0 Å². The van der Waals surface area contributed by atoms with Gasteiger partial charge in [0.1, 0.15) is 0 Å². The van der Waals surface area contributed by atoms with Crippen molar-refractivity contribution in [2.24, 2.45) is 10.1 Å². The Bertz CT molecular complexity index is 2390. The highest BCUT2D eigenvalue weighted by molar-refractivity contribution is 6.21. The van der Waals surface area contributed by atoms with Gasteiger partial charge in [-0.05, 0) is 73.8 Å². The number of hydrogen-bond acceptors (Lipinski definition) is 3. The van der Waals surface area contributed by atoms with E-state index in [1.807, 2.05) is 48.5 Å². The highest BCUT2D eigenvalue weighted by Crippen LogP contribution is 2.37. The lowest BCUT2D eigenvalue weighted by atomic mass is 9.97. The summed E-state index contributed by atoms with van der Waals surface area (Å²) in [7, 11) is 0. The molecule has 40 heavy (non-hydrogen) atoms. The highest BCUT2D eigenvalue weighted by atomic mass is 19.4. The lowest BCUT2D eigenvalue weighted by Crippen LogP contribution is -2.06. The van der Waals surface area contributed by atoms with Crippen LogP contribution >= 0.6 is 0 Å². The summed E-state index contributed by atoms with van der Waals surface area (Å²) in [6.07, 6.45) is -2.78. The second kappa shape index (κ2) is 8.49. The van der Waals surface area contributed by atoms with Gasteiger partial charge in [0.2, 0.25) is 6.19 Å². The molecule has 0 aliphatic rings. The van der Waals surface area contributed by atoms with Gasteiger partial charge in [0.15, 0.2) is 5.36 Å². The van der Waals surface area contributed by atoms with Crippen molar-refractivity contribution in [3.05, 3.63) is 119 Å². The first-order chi connectivity index (χ1) is 19.4. The summed E-state index contributed by atoms with van der Waals surface area (Å²) >= 11 is 0. The first-order valence-electron chi connectivity index (χ1n) is 12.3. The van der Waals surface area contributed by atoms with Crippen LogP contribution in [0, 0.1) is 18.0 Å². The van der Waals surface area contributed by atoms with Crippen molar-refractivity contribution >= 4 is 53.9 Å². The number of alkyl halides is 3. The molecule has 0 aliphatic carbocycles. The van der Waals surface area contributed by atoms with Crippen LogP contribution in [0.15, 0.2) is 101 Å². The molecule has 0 unspecified atom stereocenters. The zero-order valence-corrected chi connectivity index (χ0v) is 20.6. The Morgan fingerprint density at radius 3 is 2.02 bits per heavy atom. The molecule has 7 aromatic carbocycles. The number of halogens is 3. The maximum absolute atomic E-state index is 13.5. The third-order valence-corrected chi connectivity index (χ3v) is 7.54. The third kappa shape index (κ3) is 3.38. The van der Waals surface area contributed by atoms with Crippen molar-refractivity contribution in [2.75, 3.05) is 0 Å². The number of fused-ring (bicyclic) bond motifs is 7. The monoisotopic (exact) mass is 524 g/mol. The van der Waals surface area contributed by atoms with Gasteiger partial charge in [-0.1, -0.05) is 60.7 Å². The first-order valence-corrected chi connectivity index (χ1v) is 12.3. The molecule has 7 heteroatoms. The molecule has 7 aromatic rings. The summed E-state index contributed by atoms with van der Waals surface area (Å²) in [6, 6.07) is 27.5. The number of nitrogens with zero attached hydrogens (tertiary/aromatic N) is 4. The molecular formula is C33H15F3N4. The van der Waals surface area contributed by atoms with Crippen LogP contribution in [0.3, 0.4) is 0 Å². The zero-order valence-electron chi connectivity index (χ0n) is 20.6. The summed E-state index contributed by atoms with van der Waals surface area (Å²) < 4.78 is 40.5. The molecule has 0 fully saturated rings. The lowest BCUT2D eigenvalue weighted by Gasteiger charge is -2.07. The molecule has 0 atom stereocenters. The largest absolute Gasteiger partial charge is 0.416 e. The van der Waals surface area contributed by atoms with Crippen molar-refractivity contribution in [1.82, 2.24) is 0 Å². The summed E-state index contributed by atoms with van der Waals surface area (Å²) in [5.41, 5.74) is 1.23. The van der Waals surface area contributed by atoms with E-state index in [0.29, 0.717) is 26.9 Å². The van der Waals surface area contributed by atoms with Gasteiger partial charge in [-0.15, -0.1) is 4.95 Å². The van der Waals surface area contributed by atoms with Crippen molar-refractivity contribution < 1.29 is 13.2 Å². The molecule has 0 spiro atoms. The van der Waals surface area contributed by atoms with Gasteiger partial charge in [0.05, 0.1) is 16.0 Å². The Hall–Kier alpha value is -5.53. The number of benzene rings is 5. The minimum atomic E-state index is -4.53. The maximum atomic E-state index is 13.5. The molecule has 0 N–H and O–H groups in total. The molecule has 0 radical (unpaired) electrons. The molecule has 188 valence electrons. The average Bonchev–Trinajstić information content (AvgIpc) is 3.42. The van der Waals surface area contributed by atoms with E-state index in [-0.39, 0.29) is 10.7 Å². The molecule has 0 aromatic heterocycles. The van der Waals surface area contributed by atoms with Gasteiger partial charge in [0.25, 0.3) is 0 Å². The van der Waals surface area contributed by atoms with Gasteiger partial charge in [0, 0.05) is 21.5 Å². The van der Waals surface area contributed by atoms with Crippen molar-refractivity contribution in [2.45, 2.75) is 6.18 Å². The van der Waals surface area contributed by atoms with E-state index < -0.39 is 11.7 Å². The van der Waals surface area contributed by atoms with E-state index in [4.69, 9.17) is 6.57 Å². The van der Waals surface area contributed by atoms with Crippen LogP contribution in [-0.4, -0.2) is 0 Å². The van der Waals surface area contributed by atoms with E-state index in [1.165, 1.54) is 6.07 Å². The molecule has 4 nitrogen and oxygen atoms in total. The van der Waals surface area contributed by atoms with Crippen LogP contribution in [0.1, 0.15) is 5.56 Å². The van der Waals surface area contributed by atoms with Gasteiger partial charge >= 0.3 is 6.18 Å². The van der Waals surface area contributed by atoms with Crippen molar-refractivity contribution in [3.8, 4) is 17.3 Å². The summed E-state index contributed by atoms with van der Waals surface area (Å²) in [5, 5.41) is 21.6. The molecule has 0 saturated carbocycles. The van der Waals surface area contributed by atoms with E-state index in [1.54, 1.807) is 6.19 Å². The molecular weight excluding hydrogens is 509 g/mol. The van der Waals surface area contributed by atoms with E-state index in [2.05, 4.69) is 39.3 Å². The van der Waals surface area contributed by atoms with Gasteiger partial charge in [-0.25, -0.2) is 0 Å². The fraction of sp³-hybridized carbons (Fsp3) is 0.0303. The van der Waals surface area contributed by atoms with Gasteiger partial charge in [-0.3, -0.25) is 0 Å². The van der Waals surface area contributed by atoms with E-state index in [9.17, 15) is 18.4 Å². The van der Waals surface area contributed by atoms with Crippen LogP contribution in [0.5, 0.6) is 0 Å². The number of nitriles is 1. The summed E-state index contributed by atoms with van der Waals surface area (Å²) in [5.74, 6) is 0. The molecule has 0 heterocycles. The third-order valence-electron chi connectivity index (χ3n) is 7.54. The topological polar surface area (TPSA) is 52.9 Å². The van der Waals surface area contributed by atoms with Crippen LogP contribution < -0.4 is 10.7 Å². The normalized spacial score (nSPS) is 13.1. The van der Waals surface area contributed by atoms with Gasteiger partial charge in [-0.2, -0.15) is 30.0 Å². The maximum Gasteiger partial charge on any atom is 0.416 e. The quantitative estimate of drug-likeness (QED) is 0.122. The summed E-state index contributed by atoms with van der Waals surface area (Å²) in [6.45, 7) is 7.49. The predicted molar refractivity (Wildman–Crippen MR) is 150 cm³/mol. The van der Waals surface area contributed by atoms with Crippen LogP contribution in [0.4, 0.5) is 13.2 Å². The van der Waals surface area contributed by atoms with Crippen LogP contribution in [0.2, 0.25) is 0 Å². The molecule has 0 bridgehead atoms. The number of rotatable bonds is 1. The molecule has 0 aliphatic heterocycles. The smallest absolute Gasteiger partial charge is 0.181 e. The SMILES string of the molecule is [C-]#[N+]/N=c1\c2cc(-c3cccc4ccccc34)ccc2c2cc3c(=NC#N)c4cc(C(F)(F)F)ccc4c3cc12. The average molecular weight is 525 g/mol. The minimum absolute atomic E-state index is 0.200. The lowest BCUT2D eigenvalue weighted by molar-refractivity contribution is -0.137.